The summed E-state index contributed by atoms with van der Waals surface area (Å²) in [5, 5.41) is 3.82. The van der Waals surface area contributed by atoms with E-state index in [1.807, 2.05) is 42.5 Å². The zero-order valence-electron chi connectivity index (χ0n) is 19.0. The van der Waals surface area contributed by atoms with Crippen LogP contribution < -0.4 is 19.7 Å². The number of nitrogens with zero attached hydrogens (tertiary/aromatic N) is 2. The highest BCUT2D eigenvalue weighted by molar-refractivity contribution is 6.30. The summed E-state index contributed by atoms with van der Waals surface area (Å²) in [6.07, 6.45) is 0.326. The first-order valence-electron chi connectivity index (χ1n) is 11.6. The topological polar surface area (TPSA) is 54.0 Å². The number of rotatable bonds is 7. The molecule has 1 unspecified atom stereocenters. The number of carbonyl (C=O) groups is 1. The van der Waals surface area contributed by atoms with Crippen LogP contribution in [0.2, 0.25) is 5.02 Å². The van der Waals surface area contributed by atoms with Crippen molar-refractivity contribution in [2.75, 3.05) is 44.4 Å². The third-order valence-electron chi connectivity index (χ3n) is 6.43. The molecule has 0 aliphatic carbocycles. The molecule has 176 valence electrons. The summed E-state index contributed by atoms with van der Waals surface area (Å²) >= 11 is 5.97. The smallest absolute Gasteiger partial charge is 0.231 e. The number of nitrogens with one attached hydrogen (secondary N) is 1. The Morgan fingerprint density at radius 1 is 0.912 bits per heavy atom. The molecule has 34 heavy (non-hydrogen) atoms. The molecule has 0 bridgehead atoms. The molecular formula is C27H28ClN3O3. The number of carbonyl (C=O) groups excluding carboxylic acids is 1. The lowest BCUT2D eigenvalue weighted by Crippen LogP contribution is -2.50. The summed E-state index contributed by atoms with van der Waals surface area (Å²) in [7, 11) is 0. The van der Waals surface area contributed by atoms with E-state index in [1.54, 1.807) is 0 Å². The van der Waals surface area contributed by atoms with Crippen LogP contribution >= 0.6 is 11.6 Å². The number of anilines is 1. The van der Waals surface area contributed by atoms with Gasteiger partial charge in [0.15, 0.2) is 11.5 Å². The van der Waals surface area contributed by atoms with Crippen molar-refractivity contribution in [3.63, 3.8) is 0 Å². The van der Waals surface area contributed by atoms with Crippen LogP contribution in [0.3, 0.4) is 0 Å². The van der Waals surface area contributed by atoms with Gasteiger partial charge >= 0.3 is 0 Å². The van der Waals surface area contributed by atoms with Crippen molar-refractivity contribution < 1.29 is 14.3 Å². The van der Waals surface area contributed by atoms with Crippen molar-refractivity contribution in [1.82, 2.24) is 10.2 Å². The third kappa shape index (κ3) is 5.29. The van der Waals surface area contributed by atoms with E-state index in [0.717, 1.165) is 48.8 Å². The van der Waals surface area contributed by atoms with Crippen molar-refractivity contribution in [3.05, 3.63) is 88.9 Å². The van der Waals surface area contributed by atoms with Crippen molar-refractivity contribution >= 4 is 23.2 Å². The van der Waals surface area contributed by atoms with Gasteiger partial charge in [-0.15, -0.1) is 0 Å². The molecule has 0 saturated carbocycles. The summed E-state index contributed by atoms with van der Waals surface area (Å²) in [5.41, 5.74) is 3.31. The van der Waals surface area contributed by atoms with Gasteiger partial charge in [0.2, 0.25) is 12.7 Å². The highest BCUT2D eigenvalue weighted by Gasteiger charge is 2.27. The number of hydrogen-bond donors (Lipinski definition) is 1. The minimum atomic E-state index is -0.00372. The Morgan fingerprint density at radius 2 is 1.65 bits per heavy atom. The minimum absolute atomic E-state index is 0.00372. The van der Waals surface area contributed by atoms with E-state index in [-0.39, 0.29) is 18.7 Å². The molecule has 1 atom stereocenters. The zero-order chi connectivity index (χ0) is 23.3. The normalized spacial score (nSPS) is 16.3. The Kier molecular flexibility index (Phi) is 6.88. The number of hydrogen-bond acceptors (Lipinski definition) is 5. The standard InChI is InChI=1S/C27H28ClN3O3/c28-22-9-6-20(7-10-22)16-27(32)29-18-24(21-8-11-25-26(17-21)34-19-33-25)31-14-12-30(13-15-31)23-4-2-1-3-5-23/h1-11,17,24H,12-16,18-19H2,(H,29,32). The number of ether oxygens (including phenoxy) is 2. The number of fused-ring (bicyclic) bond motifs is 1. The molecule has 2 aliphatic heterocycles. The maximum atomic E-state index is 12.7. The molecule has 1 N–H and O–H groups in total. The Labute approximate surface area is 205 Å². The van der Waals surface area contributed by atoms with Gasteiger partial charge in [-0.05, 0) is 47.5 Å². The maximum absolute atomic E-state index is 12.7. The molecule has 1 saturated heterocycles. The summed E-state index contributed by atoms with van der Waals surface area (Å²) in [6, 6.07) is 24.0. The summed E-state index contributed by atoms with van der Waals surface area (Å²) in [6.45, 7) is 4.45. The molecule has 1 amide bonds. The van der Waals surface area contributed by atoms with Crippen LogP contribution in [0.15, 0.2) is 72.8 Å². The monoisotopic (exact) mass is 477 g/mol. The van der Waals surface area contributed by atoms with Gasteiger partial charge in [-0.3, -0.25) is 9.69 Å². The van der Waals surface area contributed by atoms with Crippen molar-refractivity contribution in [2.45, 2.75) is 12.5 Å². The Bertz CT molecular complexity index is 1120. The molecule has 1 fully saturated rings. The minimum Gasteiger partial charge on any atom is -0.454 e. The van der Waals surface area contributed by atoms with Gasteiger partial charge in [-0.2, -0.15) is 0 Å². The maximum Gasteiger partial charge on any atom is 0.231 e. The molecule has 2 aliphatic rings. The van der Waals surface area contributed by atoms with E-state index in [1.165, 1.54) is 5.69 Å². The van der Waals surface area contributed by atoms with Crippen LogP contribution in [0.25, 0.3) is 0 Å². The van der Waals surface area contributed by atoms with Crippen molar-refractivity contribution in [3.8, 4) is 11.5 Å². The fourth-order valence-corrected chi connectivity index (χ4v) is 4.70. The number of para-hydroxylation sites is 1. The average Bonchev–Trinajstić information content (AvgIpc) is 3.35. The molecule has 2 heterocycles. The highest BCUT2D eigenvalue weighted by Crippen LogP contribution is 2.35. The van der Waals surface area contributed by atoms with E-state index in [4.69, 9.17) is 21.1 Å². The van der Waals surface area contributed by atoms with Gasteiger partial charge in [0.1, 0.15) is 0 Å². The Balaban J connectivity index is 1.28. The zero-order valence-corrected chi connectivity index (χ0v) is 19.7. The predicted molar refractivity (Wildman–Crippen MR) is 134 cm³/mol. The van der Waals surface area contributed by atoms with Crippen LogP contribution in [-0.4, -0.2) is 50.3 Å². The Morgan fingerprint density at radius 3 is 2.41 bits per heavy atom. The molecule has 0 radical (unpaired) electrons. The lowest BCUT2D eigenvalue weighted by atomic mass is 10.0. The van der Waals surface area contributed by atoms with Crippen molar-refractivity contribution in [1.29, 1.82) is 0 Å². The van der Waals surface area contributed by atoms with Gasteiger partial charge in [0.05, 0.1) is 12.5 Å². The predicted octanol–water partition coefficient (Wildman–Crippen LogP) is 4.29. The first-order valence-corrected chi connectivity index (χ1v) is 12.0. The number of halogens is 1. The van der Waals surface area contributed by atoms with Crippen LogP contribution in [0.4, 0.5) is 5.69 Å². The SMILES string of the molecule is O=C(Cc1ccc(Cl)cc1)NCC(c1ccc2c(c1)OCO2)N1CCN(c2ccccc2)CC1. The fraction of sp³-hybridized carbons (Fsp3) is 0.296. The van der Waals surface area contributed by atoms with Gasteiger partial charge < -0.3 is 19.7 Å². The summed E-state index contributed by atoms with van der Waals surface area (Å²) in [5.74, 6) is 1.53. The summed E-state index contributed by atoms with van der Waals surface area (Å²) < 4.78 is 11.1. The van der Waals surface area contributed by atoms with Gasteiger partial charge in [-0.25, -0.2) is 0 Å². The van der Waals surface area contributed by atoms with Crippen LogP contribution in [0.5, 0.6) is 11.5 Å². The second kappa shape index (κ2) is 10.4. The third-order valence-corrected chi connectivity index (χ3v) is 6.68. The molecule has 0 spiro atoms. The molecule has 6 nitrogen and oxygen atoms in total. The quantitative estimate of drug-likeness (QED) is 0.550. The second-order valence-electron chi connectivity index (χ2n) is 8.59. The van der Waals surface area contributed by atoms with E-state index in [0.29, 0.717) is 18.0 Å². The molecule has 7 heteroatoms. The molecule has 5 rings (SSSR count). The number of piperazine rings is 1. The van der Waals surface area contributed by atoms with E-state index in [9.17, 15) is 4.79 Å². The van der Waals surface area contributed by atoms with Crippen LogP contribution in [0.1, 0.15) is 17.2 Å². The number of benzene rings is 3. The van der Waals surface area contributed by atoms with Gasteiger partial charge in [0, 0.05) is 43.4 Å². The largest absolute Gasteiger partial charge is 0.454 e. The first-order chi connectivity index (χ1) is 16.7. The fourth-order valence-electron chi connectivity index (χ4n) is 4.57. The van der Waals surface area contributed by atoms with Crippen molar-refractivity contribution in [2.24, 2.45) is 0 Å². The molecule has 3 aromatic carbocycles. The average molecular weight is 478 g/mol. The van der Waals surface area contributed by atoms with Crippen LogP contribution in [-0.2, 0) is 11.2 Å². The molecule has 0 aromatic heterocycles. The first kappa shape index (κ1) is 22.6. The number of amides is 1. The lowest BCUT2D eigenvalue weighted by molar-refractivity contribution is -0.120. The molecular weight excluding hydrogens is 450 g/mol. The van der Waals surface area contributed by atoms with Crippen LogP contribution in [0, 0.1) is 0 Å². The second-order valence-corrected chi connectivity index (χ2v) is 9.03. The van der Waals surface area contributed by atoms with E-state index >= 15 is 0 Å². The highest BCUT2D eigenvalue weighted by atomic mass is 35.5. The van der Waals surface area contributed by atoms with Gasteiger partial charge in [0.25, 0.3) is 0 Å². The molecule has 3 aromatic rings. The van der Waals surface area contributed by atoms with Gasteiger partial charge in [-0.1, -0.05) is 48.0 Å². The van der Waals surface area contributed by atoms with E-state index < -0.39 is 0 Å². The lowest BCUT2D eigenvalue weighted by Gasteiger charge is -2.40. The van der Waals surface area contributed by atoms with E-state index in [2.05, 4.69) is 45.4 Å². The summed E-state index contributed by atoms with van der Waals surface area (Å²) in [4.78, 5) is 17.6. The Hall–Kier alpha value is -3.22.